The molecule has 1 aromatic carbocycles. The Morgan fingerprint density at radius 3 is 2.43 bits per heavy atom. The molecule has 0 atom stereocenters. The lowest BCUT2D eigenvalue weighted by molar-refractivity contribution is 0.427. The fraction of sp³-hybridized carbons (Fsp3) is 0.571. The van der Waals surface area contributed by atoms with Crippen LogP contribution in [0.4, 0.5) is 0 Å². The zero-order valence-electron chi connectivity index (χ0n) is 12.2. The van der Waals surface area contributed by atoms with Crippen LogP contribution >= 0.6 is 23.2 Å². The molecule has 0 saturated heterocycles. The summed E-state index contributed by atoms with van der Waals surface area (Å²) in [6.45, 7) is 2.39. The van der Waals surface area contributed by atoms with Gasteiger partial charge in [-0.3, -0.25) is 0 Å². The Balaban J connectivity index is 2.39. The zero-order valence-corrected chi connectivity index (χ0v) is 14.5. The molecule has 0 aliphatic heterocycles. The van der Waals surface area contributed by atoms with Crippen molar-refractivity contribution >= 4 is 33.2 Å². The SMILES string of the molecule is CNCc1cc(Cl)cc(S(=O)(=O)NC2(C)CCCC2)c1Cl. The highest BCUT2D eigenvalue weighted by Gasteiger charge is 2.34. The molecule has 1 saturated carbocycles. The first-order valence-electron chi connectivity index (χ1n) is 6.94. The maximum Gasteiger partial charge on any atom is 0.242 e. The Bertz CT molecular complexity index is 626. The second kappa shape index (κ2) is 6.42. The van der Waals surface area contributed by atoms with Crippen molar-refractivity contribution in [2.24, 2.45) is 0 Å². The summed E-state index contributed by atoms with van der Waals surface area (Å²) in [5.74, 6) is 0. The van der Waals surface area contributed by atoms with Gasteiger partial charge in [0, 0.05) is 17.1 Å². The first-order valence-corrected chi connectivity index (χ1v) is 9.18. The van der Waals surface area contributed by atoms with Crippen molar-refractivity contribution in [3.05, 3.63) is 27.7 Å². The normalized spacial score (nSPS) is 18.1. The van der Waals surface area contributed by atoms with E-state index in [9.17, 15) is 8.42 Å². The van der Waals surface area contributed by atoms with Gasteiger partial charge in [0.25, 0.3) is 0 Å². The summed E-state index contributed by atoms with van der Waals surface area (Å²) >= 11 is 12.3. The molecule has 0 spiro atoms. The standard InChI is InChI=1S/C14H20Cl2N2O2S/c1-14(5-3-4-6-14)18-21(19,20)12-8-11(15)7-10(9-17-2)13(12)16/h7-8,17-18H,3-6,9H2,1-2H3. The van der Waals surface area contributed by atoms with Crippen LogP contribution in [0.3, 0.4) is 0 Å². The molecule has 1 aliphatic carbocycles. The fourth-order valence-electron chi connectivity index (χ4n) is 2.77. The molecule has 0 radical (unpaired) electrons. The molecule has 1 fully saturated rings. The molecule has 21 heavy (non-hydrogen) atoms. The minimum atomic E-state index is -3.69. The highest BCUT2D eigenvalue weighted by Crippen LogP contribution is 2.34. The van der Waals surface area contributed by atoms with E-state index in [-0.39, 0.29) is 9.92 Å². The Hall–Kier alpha value is -0.330. The molecule has 0 bridgehead atoms. The summed E-state index contributed by atoms with van der Waals surface area (Å²) in [7, 11) is -1.92. The van der Waals surface area contributed by atoms with Gasteiger partial charge in [-0.15, -0.1) is 0 Å². The lowest BCUT2D eigenvalue weighted by atomic mass is 10.0. The highest BCUT2D eigenvalue weighted by atomic mass is 35.5. The topological polar surface area (TPSA) is 58.2 Å². The number of nitrogens with one attached hydrogen (secondary N) is 2. The molecule has 0 aromatic heterocycles. The van der Waals surface area contributed by atoms with Crippen LogP contribution in [0, 0.1) is 0 Å². The lowest BCUT2D eigenvalue weighted by Crippen LogP contribution is -2.43. The average Bonchev–Trinajstić information content (AvgIpc) is 2.79. The van der Waals surface area contributed by atoms with E-state index in [1.54, 1.807) is 13.1 Å². The predicted octanol–water partition coefficient (Wildman–Crippen LogP) is 3.32. The smallest absolute Gasteiger partial charge is 0.242 e. The highest BCUT2D eigenvalue weighted by molar-refractivity contribution is 7.89. The van der Waals surface area contributed by atoms with Crippen molar-refractivity contribution < 1.29 is 8.42 Å². The number of hydrogen-bond acceptors (Lipinski definition) is 3. The summed E-state index contributed by atoms with van der Waals surface area (Å²) in [4.78, 5) is 0.0510. The van der Waals surface area contributed by atoms with Gasteiger partial charge in [-0.1, -0.05) is 36.0 Å². The first kappa shape index (κ1) is 17.0. The van der Waals surface area contributed by atoms with Crippen LogP contribution in [-0.2, 0) is 16.6 Å². The molecular weight excluding hydrogens is 331 g/mol. The number of hydrogen-bond donors (Lipinski definition) is 2. The van der Waals surface area contributed by atoms with Crippen molar-refractivity contribution in [1.82, 2.24) is 10.0 Å². The fourth-order valence-corrected chi connectivity index (χ4v) is 5.17. The summed E-state index contributed by atoms with van der Waals surface area (Å²) in [6.07, 6.45) is 3.75. The Labute approximate surface area is 136 Å². The van der Waals surface area contributed by atoms with E-state index < -0.39 is 15.6 Å². The zero-order chi connectivity index (χ0) is 15.7. The van der Waals surface area contributed by atoms with Gasteiger partial charge in [0.1, 0.15) is 4.90 Å². The second-order valence-electron chi connectivity index (χ2n) is 5.78. The summed E-state index contributed by atoms with van der Waals surface area (Å²) < 4.78 is 28.1. The van der Waals surface area contributed by atoms with Gasteiger partial charge in [-0.2, -0.15) is 0 Å². The molecule has 4 nitrogen and oxygen atoms in total. The third-order valence-corrected chi connectivity index (χ3v) is 6.26. The van der Waals surface area contributed by atoms with Crippen molar-refractivity contribution in [2.45, 2.75) is 49.6 Å². The Morgan fingerprint density at radius 1 is 1.24 bits per heavy atom. The molecule has 2 rings (SSSR count). The molecule has 0 amide bonds. The van der Waals surface area contributed by atoms with E-state index in [2.05, 4.69) is 10.0 Å². The van der Waals surface area contributed by atoms with Gasteiger partial charge in [0.05, 0.1) is 5.02 Å². The van der Waals surface area contributed by atoms with Gasteiger partial charge < -0.3 is 5.32 Å². The number of sulfonamides is 1. The third kappa shape index (κ3) is 3.90. The molecular formula is C14H20Cl2N2O2S. The maximum absolute atomic E-state index is 12.6. The molecule has 118 valence electrons. The molecule has 7 heteroatoms. The Kier molecular flexibility index (Phi) is 5.21. The van der Waals surface area contributed by atoms with Gasteiger partial charge in [-0.05, 0) is 44.5 Å². The van der Waals surface area contributed by atoms with Crippen LogP contribution in [0.2, 0.25) is 10.0 Å². The first-order chi connectivity index (χ1) is 9.77. The van der Waals surface area contributed by atoms with Crippen molar-refractivity contribution in [3.8, 4) is 0 Å². The van der Waals surface area contributed by atoms with E-state index in [0.717, 1.165) is 25.7 Å². The maximum atomic E-state index is 12.6. The summed E-state index contributed by atoms with van der Waals surface area (Å²) in [5, 5.41) is 3.54. The number of halogens is 2. The van der Waals surface area contributed by atoms with E-state index in [1.165, 1.54) is 6.07 Å². The van der Waals surface area contributed by atoms with Crippen molar-refractivity contribution in [1.29, 1.82) is 0 Å². The van der Waals surface area contributed by atoms with Gasteiger partial charge in [0.2, 0.25) is 10.0 Å². The number of benzene rings is 1. The van der Waals surface area contributed by atoms with Crippen LogP contribution in [0.15, 0.2) is 17.0 Å². The molecule has 1 aromatic rings. The molecule has 2 N–H and O–H groups in total. The van der Waals surface area contributed by atoms with Crippen LogP contribution in [0.25, 0.3) is 0 Å². The van der Waals surface area contributed by atoms with E-state index in [4.69, 9.17) is 23.2 Å². The third-order valence-electron chi connectivity index (χ3n) is 3.82. The minimum absolute atomic E-state index is 0.0510. The predicted molar refractivity (Wildman–Crippen MR) is 86.4 cm³/mol. The largest absolute Gasteiger partial charge is 0.316 e. The van der Waals surface area contributed by atoms with Gasteiger partial charge in [-0.25, -0.2) is 13.1 Å². The molecule has 0 heterocycles. The van der Waals surface area contributed by atoms with E-state index in [0.29, 0.717) is 17.1 Å². The Morgan fingerprint density at radius 2 is 1.86 bits per heavy atom. The lowest BCUT2D eigenvalue weighted by Gasteiger charge is -2.25. The van der Waals surface area contributed by atoms with Crippen LogP contribution in [-0.4, -0.2) is 21.0 Å². The van der Waals surface area contributed by atoms with Crippen LogP contribution < -0.4 is 10.0 Å². The summed E-state index contributed by atoms with van der Waals surface area (Å²) in [5.41, 5.74) is 0.275. The molecule has 1 aliphatic rings. The minimum Gasteiger partial charge on any atom is -0.316 e. The quantitative estimate of drug-likeness (QED) is 0.856. The van der Waals surface area contributed by atoms with Crippen LogP contribution in [0.5, 0.6) is 0 Å². The summed E-state index contributed by atoms with van der Waals surface area (Å²) in [6, 6.07) is 3.08. The van der Waals surface area contributed by atoms with Crippen LogP contribution in [0.1, 0.15) is 38.2 Å². The average molecular weight is 351 g/mol. The van der Waals surface area contributed by atoms with Gasteiger partial charge in [0.15, 0.2) is 0 Å². The monoisotopic (exact) mass is 350 g/mol. The van der Waals surface area contributed by atoms with E-state index >= 15 is 0 Å². The number of rotatable bonds is 5. The van der Waals surface area contributed by atoms with Crippen molar-refractivity contribution in [3.63, 3.8) is 0 Å². The molecule has 0 unspecified atom stereocenters. The van der Waals surface area contributed by atoms with Gasteiger partial charge >= 0.3 is 0 Å². The van der Waals surface area contributed by atoms with Crippen molar-refractivity contribution in [2.75, 3.05) is 7.05 Å². The van der Waals surface area contributed by atoms with E-state index in [1.807, 2.05) is 6.92 Å². The second-order valence-corrected chi connectivity index (χ2v) is 8.25.